The van der Waals surface area contributed by atoms with Crippen molar-refractivity contribution in [3.63, 3.8) is 0 Å². The Morgan fingerprint density at radius 2 is 2.10 bits per heavy atom. The molecule has 0 amide bonds. The maximum atomic E-state index is 3.74. The third kappa shape index (κ3) is 3.75. The summed E-state index contributed by atoms with van der Waals surface area (Å²) >= 11 is 0. The molecule has 2 nitrogen and oxygen atoms in total. The van der Waals surface area contributed by atoms with E-state index in [1.54, 1.807) is 5.57 Å². The van der Waals surface area contributed by atoms with Gasteiger partial charge in [0, 0.05) is 31.7 Å². The van der Waals surface area contributed by atoms with Crippen molar-refractivity contribution < 1.29 is 0 Å². The minimum absolute atomic E-state index is 0.492. The van der Waals surface area contributed by atoms with E-state index in [-0.39, 0.29) is 0 Å². The van der Waals surface area contributed by atoms with Crippen LogP contribution in [0.2, 0.25) is 0 Å². The molecule has 0 saturated carbocycles. The van der Waals surface area contributed by atoms with E-state index in [0.717, 1.165) is 13.1 Å². The second kappa shape index (κ2) is 7.24. The predicted molar refractivity (Wildman–Crippen MR) is 89.4 cm³/mol. The summed E-state index contributed by atoms with van der Waals surface area (Å²) in [6, 6.07) is 12.1. The molecule has 2 unspecified atom stereocenters. The highest BCUT2D eigenvalue weighted by Gasteiger charge is 2.27. The van der Waals surface area contributed by atoms with Gasteiger partial charge in [0.15, 0.2) is 0 Å². The zero-order chi connectivity index (χ0) is 14.5. The van der Waals surface area contributed by atoms with E-state index in [9.17, 15) is 0 Å². The SMILES string of the molecule is CCC1CNC(c2ccccc2)CN1CCC1=CCCC1. The van der Waals surface area contributed by atoms with Gasteiger partial charge in [0.05, 0.1) is 0 Å². The smallest absolute Gasteiger partial charge is 0.0449 e. The first-order chi connectivity index (χ1) is 10.4. The number of benzene rings is 1. The number of allylic oxidation sites excluding steroid dienone is 1. The van der Waals surface area contributed by atoms with Crippen LogP contribution in [0.25, 0.3) is 0 Å². The highest BCUT2D eigenvalue weighted by atomic mass is 15.2. The van der Waals surface area contributed by atoms with E-state index < -0.39 is 0 Å². The summed E-state index contributed by atoms with van der Waals surface area (Å²) in [4.78, 5) is 2.72. The minimum Gasteiger partial charge on any atom is -0.307 e. The van der Waals surface area contributed by atoms with Crippen LogP contribution >= 0.6 is 0 Å². The monoisotopic (exact) mass is 284 g/mol. The molecule has 21 heavy (non-hydrogen) atoms. The van der Waals surface area contributed by atoms with Crippen LogP contribution in [0.4, 0.5) is 0 Å². The van der Waals surface area contributed by atoms with E-state index in [1.807, 2.05) is 0 Å². The Labute approximate surface area is 129 Å². The number of nitrogens with one attached hydrogen (secondary N) is 1. The van der Waals surface area contributed by atoms with Crippen molar-refractivity contribution in [2.45, 2.75) is 51.1 Å². The first-order valence-corrected chi connectivity index (χ1v) is 8.57. The standard InChI is InChI=1S/C19H28N2/c1-2-18-14-20-19(17-10-4-3-5-11-17)15-21(18)13-12-16-8-6-7-9-16/h3-5,8,10-11,18-20H,2,6-7,9,12-15H2,1H3. The van der Waals surface area contributed by atoms with Gasteiger partial charge in [-0.25, -0.2) is 0 Å². The zero-order valence-electron chi connectivity index (χ0n) is 13.2. The second-order valence-corrected chi connectivity index (χ2v) is 6.43. The first-order valence-electron chi connectivity index (χ1n) is 8.57. The zero-order valence-corrected chi connectivity index (χ0v) is 13.2. The molecule has 0 aromatic heterocycles. The van der Waals surface area contributed by atoms with Gasteiger partial charge in [-0.15, -0.1) is 0 Å². The molecule has 1 heterocycles. The largest absolute Gasteiger partial charge is 0.307 e. The number of hydrogen-bond acceptors (Lipinski definition) is 2. The Morgan fingerprint density at radius 1 is 1.24 bits per heavy atom. The first kappa shape index (κ1) is 14.8. The fourth-order valence-electron chi connectivity index (χ4n) is 3.69. The van der Waals surface area contributed by atoms with Crippen LogP contribution in [-0.2, 0) is 0 Å². The molecule has 2 heteroatoms. The van der Waals surface area contributed by atoms with Crippen LogP contribution in [0.15, 0.2) is 42.0 Å². The number of rotatable bonds is 5. The fraction of sp³-hybridized carbons (Fsp3) is 0.579. The summed E-state index contributed by atoms with van der Waals surface area (Å²) in [7, 11) is 0. The van der Waals surface area contributed by atoms with Gasteiger partial charge in [-0.05, 0) is 37.7 Å². The maximum absolute atomic E-state index is 3.74. The number of nitrogens with zero attached hydrogens (tertiary/aromatic N) is 1. The van der Waals surface area contributed by atoms with Crippen molar-refractivity contribution in [1.29, 1.82) is 0 Å². The maximum Gasteiger partial charge on any atom is 0.0449 e. The summed E-state index contributed by atoms with van der Waals surface area (Å²) in [6.07, 6.45) is 9.01. The molecule has 1 aromatic rings. The van der Waals surface area contributed by atoms with Gasteiger partial charge in [0.2, 0.25) is 0 Å². The quantitative estimate of drug-likeness (QED) is 0.825. The molecule has 1 aliphatic heterocycles. The third-order valence-corrected chi connectivity index (χ3v) is 5.06. The highest BCUT2D eigenvalue weighted by Crippen LogP contribution is 2.24. The molecule has 1 aliphatic carbocycles. The predicted octanol–water partition coefficient (Wildman–Crippen LogP) is 3.91. The summed E-state index contributed by atoms with van der Waals surface area (Å²) < 4.78 is 0. The Morgan fingerprint density at radius 3 is 2.81 bits per heavy atom. The van der Waals surface area contributed by atoms with Gasteiger partial charge in [-0.1, -0.05) is 48.9 Å². The average Bonchev–Trinajstić information content (AvgIpc) is 3.07. The highest BCUT2D eigenvalue weighted by molar-refractivity contribution is 5.20. The van der Waals surface area contributed by atoms with E-state index >= 15 is 0 Å². The van der Waals surface area contributed by atoms with Crippen molar-refractivity contribution in [3.8, 4) is 0 Å². The fourth-order valence-corrected chi connectivity index (χ4v) is 3.69. The van der Waals surface area contributed by atoms with Gasteiger partial charge < -0.3 is 5.32 Å². The van der Waals surface area contributed by atoms with E-state index in [4.69, 9.17) is 0 Å². The van der Waals surface area contributed by atoms with Gasteiger partial charge in [0.25, 0.3) is 0 Å². The third-order valence-electron chi connectivity index (χ3n) is 5.06. The molecule has 0 radical (unpaired) electrons. The molecule has 1 saturated heterocycles. The molecular formula is C19H28N2. The lowest BCUT2D eigenvalue weighted by molar-refractivity contribution is 0.128. The van der Waals surface area contributed by atoms with Crippen LogP contribution in [0.1, 0.15) is 50.6 Å². The normalized spacial score (nSPS) is 26.8. The van der Waals surface area contributed by atoms with Crippen LogP contribution in [0.3, 0.4) is 0 Å². The van der Waals surface area contributed by atoms with Gasteiger partial charge in [0.1, 0.15) is 0 Å². The Kier molecular flexibility index (Phi) is 5.10. The van der Waals surface area contributed by atoms with Crippen LogP contribution in [-0.4, -0.2) is 30.6 Å². The Balaban J connectivity index is 1.61. The lowest BCUT2D eigenvalue weighted by Crippen LogP contribution is -2.52. The molecule has 3 rings (SSSR count). The lowest BCUT2D eigenvalue weighted by atomic mass is 10.00. The topological polar surface area (TPSA) is 15.3 Å². The van der Waals surface area contributed by atoms with Crippen molar-refractivity contribution in [2.75, 3.05) is 19.6 Å². The molecule has 2 aliphatic rings. The Hall–Kier alpha value is -1.12. The lowest BCUT2D eigenvalue weighted by Gasteiger charge is -2.40. The van der Waals surface area contributed by atoms with Crippen LogP contribution in [0.5, 0.6) is 0 Å². The Bertz CT molecular complexity index is 466. The summed E-state index contributed by atoms with van der Waals surface area (Å²) in [5.41, 5.74) is 3.12. The number of hydrogen-bond donors (Lipinski definition) is 1. The van der Waals surface area contributed by atoms with E-state index in [1.165, 1.54) is 44.2 Å². The van der Waals surface area contributed by atoms with Crippen LogP contribution < -0.4 is 5.32 Å². The molecule has 1 aromatic carbocycles. The van der Waals surface area contributed by atoms with Gasteiger partial charge in [-0.3, -0.25) is 4.90 Å². The van der Waals surface area contributed by atoms with Crippen molar-refractivity contribution in [2.24, 2.45) is 0 Å². The van der Waals surface area contributed by atoms with Crippen LogP contribution in [0, 0.1) is 0 Å². The molecule has 1 fully saturated rings. The summed E-state index contributed by atoms with van der Waals surface area (Å²) in [5, 5.41) is 3.74. The summed E-state index contributed by atoms with van der Waals surface area (Å²) in [6.45, 7) is 5.82. The van der Waals surface area contributed by atoms with E-state index in [0.29, 0.717) is 12.1 Å². The average molecular weight is 284 g/mol. The second-order valence-electron chi connectivity index (χ2n) is 6.43. The number of piperazine rings is 1. The molecule has 0 spiro atoms. The van der Waals surface area contributed by atoms with Gasteiger partial charge >= 0.3 is 0 Å². The molecule has 2 atom stereocenters. The summed E-state index contributed by atoms with van der Waals surface area (Å²) in [5.74, 6) is 0. The molecule has 0 bridgehead atoms. The van der Waals surface area contributed by atoms with Crippen molar-refractivity contribution in [1.82, 2.24) is 10.2 Å². The van der Waals surface area contributed by atoms with Gasteiger partial charge in [-0.2, -0.15) is 0 Å². The molecular weight excluding hydrogens is 256 g/mol. The van der Waals surface area contributed by atoms with Crippen molar-refractivity contribution in [3.05, 3.63) is 47.5 Å². The minimum atomic E-state index is 0.492. The molecule has 114 valence electrons. The molecule has 1 N–H and O–H groups in total. The van der Waals surface area contributed by atoms with E-state index in [2.05, 4.69) is 53.5 Å². The van der Waals surface area contributed by atoms with Crippen molar-refractivity contribution >= 4 is 0 Å².